The van der Waals surface area contributed by atoms with Gasteiger partial charge in [-0.3, -0.25) is 4.79 Å². The van der Waals surface area contributed by atoms with Crippen molar-refractivity contribution in [3.63, 3.8) is 0 Å². The van der Waals surface area contributed by atoms with Crippen LogP contribution in [0.5, 0.6) is 0 Å². The molecule has 2 heterocycles. The summed E-state index contributed by atoms with van der Waals surface area (Å²) in [6, 6.07) is 4.18. The molecule has 0 aromatic carbocycles. The molecule has 0 radical (unpaired) electrons. The van der Waals surface area contributed by atoms with Crippen LogP contribution in [0.15, 0.2) is 15.9 Å². The summed E-state index contributed by atoms with van der Waals surface area (Å²) in [7, 11) is 0. The van der Waals surface area contributed by atoms with Crippen LogP contribution >= 0.6 is 38.6 Å². The molecule has 1 aliphatic carbocycles. The minimum Gasteiger partial charge on any atom is -0.294 e. The average Bonchev–Trinajstić information content (AvgIpc) is 2.75. The molecule has 4 heteroatoms. The lowest BCUT2D eigenvalue weighted by Crippen LogP contribution is -1.96. The van der Waals surface area contributed by atoms with E-state index in [0.29, 0.717) is 6.42 Å². The molecule has 0 atom stereocenters. The highest BCUT2D eigenvalue weighted by Gasteiger charge is 2.24. The van der Waals surface area contributed by atoms with Gasteiger partial charge in [0.2, 0.25) is 0 Å². The third-order valence-electron chi connectivity index (χ3n) is 2.76. The summed E-state index contributed by atoms with van der Waals surface area (Å²) in [6.07, 6.45) is 1.52. The minimum atomic E-state index is 0.276. The Morgan fingerprint density at radius 3 is 2.81 bits per heavy atom. The van der Waals surface area contributed by atoms with E-state index in [-0.39, 0.29) is 5.78 Å². The average molecular weight is 313 g/mol. The van der Waals surface area contributed by atoms with Gasteiger partial charge in [-0.2, -0.15) is 0 Å². The fourth-order valence-corrected chi connectivity index (χ4v) is 4.93. The van der Waals surface area contributed by atoms with E-state index in [1.54, 1.807) is 22.7 Å². The zero-order valence-corrected chi connectivity index (χ0v) is 11.9. The molecule has 16 heavy (non-hydrogen) atoms. The maximum absolute atomic E-state index is 12.0. The monoisotopic (exact) mass is 312 g/mol. The molecule has 0 spiro atoms. The molecule has 0 unspecified atom stereocenters. The number of carbonyl (C=O) groups excluding carboxylic acids is 1. The topological polar surface area (TPSA) is 17.1 Å². The molecule has 0 amide bonds. The number of halogens is 1. The molecular weight excluding hydrogens is 304 g/mol. The highest BCUT2D eigenvalue weighted by atomic mass is 79.9. The van der Waals surface area contributed by atoms with Crippen LogP contribution in [0.1, 0.15) is 27.2 Å². The van der Waals surface area contributed by atoms with Crippen molar-refractivity contribution in [2.45, 2.75) is 19.8 Å². The summed E-state index contributed by atoms with van der Waals surface area (Å²) >= 11 is 6.94. The van der Waals surface area contributed by atoms with Crippen LogP contribution in [-0.2, 0) is 6.42 Å². The lowest BCUT2D eigenvalue weighted by atomic mass is 10.1. The van der Waals surface area contributed by atoms with Crippen molar-refractivity contribution < 1.29 is 4.79 Å². The normalized spacial score (nSPS) is 14.5. The van der Waals surface area contributed by atoms with Crippen LogP contribution in [0, 0.1) is 6.92 Å². The second kappa shape index (κ2) is 3.79. The largest absolute Gasteiger partial charge is 0.294 e. The highest BCUT2D eigenvalue weighted by Crippen LogP contribution is 2.44. The van der Waals surface area contributed by atoms with E-state index in [4.69, 9.17) is 0 Å². The second-order valence-electron chi connectivity index (χ2n) is 3.93. The summed E-state index contributed by atoms with van der Waals surface area (Å²) in [4.78, 5) is 15.7. The molecule has 1 aliphatic rings. The fraction of sp³-hybridized carbons (Fsp3) is 0.250. The van der Waals surface area contributed by atoms with Gasteiger partial charge in [-0.15, -0.1) is 22.7 Å². The first-order valence-corrected chi connectivity index (χ1v) is 7.50. The zero-order chi connectivity index (χ0) is 11.3. The molecular formula is C12H9BrOS2. The van der Waals surface area contributed by atoms with Crippen molar-refractivity contribution in [3.8, 4) is 9.75 Å². The molecule has 3 rings (SSSR count). The molecule has 2 aromatic rings. The zero-order valence-electron chi connectivity index (χ0n) is 8.67. The Kier molecular flexibility index (Phi) is 2.53. The molecule has 0 saturated carbocycles. The number of Topliss-reactive ketones (excluding diaryl/α,β-unsaturated/α-hetero) is 1. The minimum absolute atomic E-state index is 0.276. The van der Waals surface area contributed by atoms with Gasteiger partial charge in [-0.25, -0.2) is 0 Å². The quantitative estimate of drug-likeness (QED) is 0.690. The first kappa shape index (κ1) is 10.7. The maximum Gasteiger partial charge on any atom is 0.164 e. The van der Waals surface area contributed by atoms with Gasteiger partial charge in [0.1, 0.15) is 0 Å². The Balaban J connectivity index is 2.30. The predicted octanol–water partition coefficient (Wildman–Crippen LogP) is 4.68. The highest BCUT2D eigenvalue weighted by molar-refractivity contribution is 9.11. The third-order valence-corrected chi connectivity index (χ3v) is 5.66. The summed E-state index contributed by atoms with van der Waals surface area (Å²) in [5.41, 5.74) is 2.24. The first-order valence-electron chi connectivity index (χ1n) is 5.07. The van der Waals surface area contributed by atoms with E-state index in [2.05, 4.69) is 28.9 Å². The molecule has 0 saturated heterocycles. The van der Waals surface area contributed by atoms with Gasteiger partial charge in [0, 0.05) is 21.7 Å². The standard InChI is InChI=1S/C12H9BrOS2/c1-6-4-7-2-3-9(14)8-5-10(13)16-12(8)11(7)15-6/h4-5H,2-3H2,1H3. The summed E-state index contributed by atoms with van der Waals surface area (Å²) in [5, 5.41) is 0. The fourth-order valence-electron chi connectivity index (χ4n) is 2.06. The third kappa shape index (κ3) is 1.60. The van der Waals surface area contributed by atoms with Gasteiger partial charge in [-0.1, -0.05) is 0 Å². The summed E-state index contributed by atoms with van der Waals surface area (Å²) < 4.78 is 1.05. The van der Waals surface area contributed by atoms with Crippen LogP contribution in [-0.4, -0.2) is 5.78 Å². The summed E-state index contributed by atoms with van der Waals surface area (Å²) in [5.74, 6) is 0.276. The van der Waals surface area contributed by atoms with Crippen LogP contribution in [0.4, 0.5) is 0 Å². The number of hydrogen-bond donors (Lipinski definition) is 0. The molecule has 2 aromatic heterocycles. The predicted molar refractivity (Wildman–Crippen MR) is 72.7 cm³/mol. The van der Waals surface area contributed by atoms with Gasteiger partial charge in [0.15, 0.2) is 5.78 Å². The van der Waals surface area contributed by atoms with Crippen LogP contribution in [0.3, 0.4) is 0 Å². The Morgan fingerprint density at radius 2 is 2.00 bits per heavy atom. The van der Waals surface area contributed by atoms with Gasteiger partial charge in [0.25, 0.3) is 0 Å². The van der Waals surface area contributed by atoms with E-state index in [1.807, 2.05) is 6.07 Å². The van der Waals surface area contributed by atoms with E-state index < -0.39 is 0 Å². The lowest BCUT2D eigenvalue weighted by Gasteiger charge is -1.95. The Hall–Kier alpha value is -0.450. The lowest BCUT2D eigenvalue weighted by molar-refractivity contribution is 0.0985. The van der Waals surface area contributed by atoms with Crippen molar-refractivity contribution >= 4 is 44.4 Å². The van der Waals surface area contributed by atoms with Gasteiger partial charge in [-0.05, 0) is 47.0 Å². The molecule has 0 bridgehead atoms. The van der Waals surface area contributed by atoms with E-state index in [9.17, 15) is 4.79 Å². The smallest absolute Gasteiger partial charge is 0.164 e. The Morgan fingerprint density at radius 1 is 1.19 bits per heavy atom. The van der Waals surface area contributed by atoms with Crippen molar-refractivity contribution in [3.05, 3.63) is 31.9 Å². The number of thiophene rings is 2. The first-order chi connectivity index (χ1) is 7.65. The molecule has 0 N–H and O–H groups in total. The van der Waals surface area contributed by atoms with Gasteiger partial charge < -0.3 is 0 Å². The SMILES string of the molecule is Cc1cc2c(s1)-c1sc(Br)cc1C(=O)CC2. The number of carbonyl (C=O) groups is 1. The molecule has 0 aliphatic heterocycles. The Bertz CT molecular complexity index is 580. The van der Waals surface area contributed by atoms with E-state index in [1.165, 1.54) is 15.3 Å². The van der Waals surface area contributed by atoms with Crippen molar-refractivity contribution in [2.75, 3.05) is 0 Å². The van der Waals surface area contributed by atoms with E-state index >= 15 is 0 Å². The van der Waals surface area contributed by atoms with Crippen LogP contribution < -0.4 is 0 Å². The number of aryl methyl sites for hydroxylation is 2. The second-order valence-corrected chi connectivity index (χ2v) is 7.62. The van der Waals surface area contributed by atoms with Crippen molar-refractivity contribution in [1.29, 1.82) is 0 Å². The number of hydrogen-bond acceptors (Lipinski definition) is 3. The molecule has 0 fully saturated rings. The Labute approximate surface area is 110 Å². The van der Waals surface area contributed by atoms with Crippen LogP contribution in [0.25, 0.3) is 9.75 Å². The van der Waals surface area contributed by atoms with Crippen molar-refractivity contribution in [1.82, 2.24) is 0 Å². The number of ketones is 1. The number of fused-ring (bicyclic) bond motifs is 3. The maximum atomic E-state index is 12.0. The van der Waals surface area contributed by atoms with Gasteiger partial charge in [0.05, 0.1) is 8.66 Å². The van der Waals surface area contributed by atoms with Crippen molar-refractivity contribution in [2.24, 2.45) is 0 Å². The van der Waals surface area contributed by atoms with Crippen LogP contribution in [0.2, 0.25) is 0 Å². The van der Waals surface area contributed by atoms with E-state index in [0.717, 1.165) is 20.6 Å². The molecule has 1 nitrogen and oxygen atoms in total. The molecule has 82 valence electrons. The number of rotatable bonds is 0. The van der Waals surface area contributed by atoms with Gasteiger partial charge >= 0.3 is 0 Å². The summed E-state index contributed by atoms with van der Waals surface area (Å²) in [6.45, 7) is 2.13.